The third-order valence-electron chi connectivity index (χ3n) is 3.74. The van der Waals surface area contributed by atoms with Crippen molar-refractivity contribution in [3.05, 3.63) is 44.8 Å². The summed E-state index contributed by atoms with van der Waals surface area (Å²) in [5.41, 5.74) is 0.553. The fraction of sp³-hybridized carbons (Fsp3) is 0.353. The number of esters is 1. The van der Waals surface area contributed by atoms with Gasteiger partial charge in [-0.3, -0.25) is 24.6 Å². The fourth-order valence-electron chi connectivity index (χ4n) is 2.39. The van der Waals surface area contributed by atoms with Gasteiger partial charge in [0.2, 0.25) is 0 Å². The monoisotopic (exact) mass is 394 g/mol. The number of hydrogen-bond acceptors (Lipinski definition) is 7. The van der Waals surface area contributed by atoms with Crippen LogP contribution in [0.15, 0.2) is 29.2 Å². The smallest absolute Gasteiger partial charge is 0.305 e. The van der Waals surface area contributed by atoms with Crippen molar-refractivity contribution in [3.8, 4) is 0 Å². The number of thioether (sulfide) groups is 1. The average Bonchev–Trinajstić information content (AvgIpc) is 2.88. The Morgan fingerprint density at radius 2 is 2.15 bits per heavy atom. The van der Waals surface area contributed by atoms with E-state index in [4.69, 9.17) is 12.2 Å². The summed E-state index contributed by atoms with van der Waals surface area (Å²) < 4.78 is 5.05. The molecule has 0 atom stereocenters. The quantitative estimate of drug-likeness (QED) is 0.166. The largest absolute Gasteiger partial charge is 0.469 e. The van der Waals surface area contributed by atoms with E-state index in [-0.39, 0.29) is 17.6 Å². The molecule has 2 rings (SSSR count). The summed E-state index contributed by atoms with van der Waals surface area (Å²) in [6.07, 6.45) is 4.19. The standard InChI is InChI=1S/C17H18N2O5S2/c1-24-15(20)8-3-2-4-9-18-16(21)14(26-17(18)25)11-12-6-5-7-13(10-12)19(22)23/h5-7,10-11H,2-4,8-9H2,1H3/b14-11+. The van der Waals surface area contributed by atoms with Crippen LogP contribution in [0.5, 0.6) is 0 Å². The van der Waals surface area contributed by atoms with Crippen LogP contribution >= 0.6 is 24.0 Å². The van der Waals surface area contributed by atoms with E-state index in [0.29, 0.717) is 34.2 Å². The molecule has 0 radical (unpaired) electrons. The molecule has 0 bridgehead atoms. The van der Waals surface area contributed by atoms with Crippen molar-refractivity contribution >= 4 is 51.9 Å². The molecule has 1 fully saturated rings. The number of benzene rings is 1. The molecule has 7 nitrogen and oxygen atoms in total. The minimum atomic E-state index is -0.475. The van der Waals surface area contributed by atoms with Crippen LogP contribution in [0.25, 0.3) is 6.08 Å². The number of thiocarbonyl (C=S) groups is 1. The lowest BCUT2D eigenvalue weighted by molar-refractivity contribution is -0.384. The number of amides is 1. The van der Waals surface area contributed by atoms with Crippen LogP contribution in [-0.2, 0) is 14.3 Å². The highest BCUT2D eigenvalue weighted by molar-refractivity contribution is 8.26. The van der Waals surface area contributed by atoms with Gasteiger partial charge in [-0.15, -0.1) is 0 Å². The minimum Gasteiger partial charge on any atom is -0.469 e. The number of methoxy groups -OCH3 is 1. The molecule has 26 heavy (non-hydrogen) atoms. The lowest BCUT2D eigenvalue weighted by Gasteiger charge is -2.13. The minimum absolute atomic E-state index is 0.0279. The number of non-ortho nitro benzene ring substituents is 1. The van der Waals surface area contributed by atoms with E-state index in [1.54, 1.807) is 18.2 Å². The van der Waals surface area contributed by atoms with Crippen LogP contribution in [0, 0.1) is 10.1 Å². The van der Waals surface area contributed by atoms with Crippen molar-refractivity contribution in [1.29, 1.82) is 0 Å². The molecule has 0 N–H and O–H groups in total. The van der Waals surface area contributed by atoms with Gasteiger partial charge in [-0.2, -0.15) is 0 Å². The lowest BCUT2D eigenvalue weighted by Crippen LogP contribution is -2.29. The maximum absolute atomic E-state index is 12.5. The van der Waals surface area contributed by atoms with Crippen LogP contribution in [0.1, 0.15) is 31.2 Å². The van der Waals surface area contributed by atoms with Crippen LogP contribution in [-0.4, -0.2) is 39.7 Å². The van der Waals surface area contributed by atoms with Crippen molar-refractivity contribution in [2.24, 2.45) is 0 Å². The van der Waals surface area contributed by atoms with Crippen molar-refractivity contribution in [2.75, 3.05) is 13.7 Å². The summed E-state index contributed by atoms with van der Waals surface area (Å²) in [5, 5.41) is 10.8. The van der Waals surface area contributed by atoms with Gasteiger partial charge in [0.05, 0.1) is 16.9 Å². The number of nitro groups is 1. The molecule has 1 aliphatic rings. The van der Waals surface area contributed by atoms with Crippen molar-refractivity contribution in [3.63, 3.8) is 0 Å². The molecule has 1 heterocycles. The zero-order valence-electron chi connectivity index (χ0n) is 14.2. The maximum Gasteiger partial charge on any atom is 0.305 e. The molecular formula is C17H18N2O5S2. The van der Waals surface area contributed by atoms with Crippen molar-refractivity contribution in [2.45, 2.75) is 25.7 Å². The fourth-order valence-corrected chi connectivity index (χ4v) is 3.70. The molecule has 138 valence electrons. The highest BCUT2D eigenvalue weighted by Gasteiger charge is 2.31. The van der Waals surface area contributed by atoms with Gasteiger partial charge >= 0.3 is 5.97 Å². The number of ether oxygens (including phenoxy) is 1. The second-order valence-electron chi connectivity index (χ2n) is 5.57. The number of nitro benzene ring substituents is 1. The van der Waals surface area contributed by atoms with Gasteiger partial charge < -0.3 is 4.74 Å². The van der Waals surface area contributed by atoms with Crippen LogP contribution in [0.2, 0.25) is 0 Å². The Labute approximate surface area is 160 Å². The Kier molecular flexibility index (Phi) is 7.28. The molecule has 9 heteroatoms. The predicted molar refractivity (Wildman–Crippen MR) is 103 cm³/mol. The van der Waals surface area contributed by atoms with Crippen LogP contribution in [0.4, 0.5) is 5.69 Å². The molecule has 0 unspecified atom stereocenters. The van der Waals surface area contributed by atoms with E-state index in [2.05, 4.69) is 4.74 Å². The van der Waals surface area contributed by atoms with E-state index >= 15 is 0 Å². The third kappa shape index (κ3) is 5.37. The number of nitrogens with zero attached hydrogens (tertiary/aromatic N) is 2. The summed E-state index contributed by atoms with van der Waals surface area (Å²) in [6.45, 7) is 0.484. The molecule has 1 aromatic carbocycles. The lowest BCUT2D eigenvalue weighted by atomic mass is 10.1. The van der Waals surface area contributed by atoms with Crippen molar-refractivity contribution in [1.82, 2.24) is 4.90 Å². The van der Waals surface area contributed by atoms with Gasteiger partial charge in [-0.05, 0) is 24.5 Å². The number of hydrogen-bond donors (Lipinski definition) is 0. The van der Waals surface area contributed by atoms with E-state index in [1.165, 1.54) is 35.9 Å². The third-order valence-corrected chi connectivity index (χ3v) is 5.12. The van der Waals surface area contributed by atoms with Gasteiger partial charge in [0.25, 0.3) is 11.6 Å². The maximum atomic E-state index is 12.5. The number of unbranched alkanes of at least 4 members (excludes halogenated alkanes) is 2. The second kappa shape index (κ2) is 9.44. The van der Waals surface area contributed by atoms with Crippen molar-refractivity contribution < 1.29 is 19.2 Å². The molecule has 1 aliphatic heterocycles. The molecule has 0 saturated carbocycles. The Balaban J connectivity index is 1.94. The SMILES string of the molecule is COC(=O)CCCCCN1C(=O)/C(=C\c2cccc([N+](=O)[O-])c2)SC1=S. The zero-order chi connectivity index (χ0) is 19.1. The summed E-state index contributed by atoms with van der Waals surface area (Å²) in [6, 6.07) is 6.09. The first kappa shape index (κ1) is 20.1. The first-order valence-corrected chi connectivity index (χ1v) is 9.21. The Morgan fingerprint density at radius 1 is 1.38 bits per heavy atom. The van der Waals surface area contributed by atoms with E-state index in [0.717, 1.165) is 12.8 Å². The van der Waals surface area contributed by atoms with E-state index in [9.17, 15) is 19.7 Å². The Morgan fingerprint density at radius 3 is 2.85 bits per heavy atom. The van der Waals surface area contributed by atoms with E-state index in [1.807, 2.05) is 0 Å². The predicted octanol–water partition coefficient (Wildman–Crippen LogP) is 3.53. The first-order chi connectivity index (χ1) is 12.4. The average molecular weight is 394 g/mol. The van der Waals surface area contributed by atoms with Crippen LogP contribution in [0.3, 0.4) is 0 Å². The summed E-state index contributed by atoms with van der Waals surface area (Å²) in [5.74, 6) is -0.435. The van der Waals surface area contributed by atoms with Gasteiger partial charge in [0.1, 0.15) is 4.32 Å². The summed E-state index contributed by atoms with van der Waals surface area (Å²) >= 11 is 6.45. The van der Waals surface area contributed by atoms with Gasteiger partial charge in [-0.1, -0.05) is 42.5 Å². The summed E-state index contributed by atoms with van der Waals surface area (Å²) in [4.78, 5) is 35.9. The second-order valence-corrected chi connectivity index (χ2v) is 7.25. The van der Waals surface area contributed by atoms with Gasteiger partial charge in [0, 0.05) is 25.1 Å². The highest BCUT2D eigenvalue weighted by atomic mass is 32.2. The van der Waals surface area contributed by atoms with Gasteiger partial charge in [0.15, 0.2) is 0 Å². The first-order valence-electron chi connectivity index (χ1n) is 7.99. The molecular weight excluding hydrogens is 376 g/mol. The number of carbonyl (C=O) groups excluding carboxylic acids is 2. The molecule has 0 aromatic heterocycles. The molecule has 0 aliphatic carbocycles. The Hall–Kier alpha value is -2.26. The normalized spacial score (nSPS) is 15.6. The number of carbonyl (C=O) groups is 2. The number of rotatable bonds is 8. The van der Waals surface area contributed by atoms with E-state index < -0.39 is 4.92 Å². The molecule has 0 spiro atoms. The molecule has 1 saturated heterocycles. The topological polar surface area (TPSA) is 89.8 Å². The molecule has 1 amide bonds. The van der Waals surface area contributed by atoms with Crippen LogP contribution < -0.4 is 0 Å². The molecule has 1 aromatic rings. The van der Waals surface area contributed by atoms with Gasteiger partial charge in [-0.25, -0.2) is 0 Å². The zero-order valence-corrected chi connectivity index (χ0v) is 15.8. The Bertz CT molecular complexity index is 763. The summed E-state index contributed by atoms with van der Waals surface area (Å²) in [7, 11) is 1.36. The highest BCUT2D eigenvalue weighted by Crippen LogP contribution is 2.33.